The summed E-state index contributed by atoms with van der Waals surface area (Å²) in [5, 5.41) is 10.2. The van der Waals surface area contributed by atoms with E-state index in [2.05, 4.69) is 20.7 Å². The van der Waals surface area contributed by atoms with E-state index in [0.717, 1.165) is 45.3 Å². The predicted octanol–water partition coefficient (Wildman–Crippen LogP) is 1.18. The summed E-state index contributed by atoms with van der Waals surface area (Å²) in [5.74, 6) is 0.238. The number of anilines is 1. The molecule has 2 fully saturated rings. The molecule has 8 nitrogen and oxygen atoms in total. The number of halogens is 1. The molecule has 0 bridgehead atoms. The third-order valence-corrected chi connectivity index (χ3v) is 4.64. The van der Waals surface area contributed by atoms with Crippen molar-refractivity contribution in [3.05, 3.63) is 6.33 Å². The van der Waals surface area contributed by atoms with Crippen LogP contribution >= 0.6 is 12.4 Å². The highest BCUT2D eigenvalue weighted by Crippen LogP contribution is 2.11. The number of amides is 2. The molecule has 3 rings (SSSR count). The van der Waals surface area contributed by atoms with Crippen molar-refractivity contribution < 1.29 is 9.59 Å². The van der Waals surface area contributed by atoms with E-state index in [-0.39, 0.29) is 42.8 Å². The number of nitrogens with one attached hydrogen (secondary N) is 2. The van der Waals surface area contributed by atoms with E-state index < -0.39 is 0 Å². The topological polar surface area (TPSA) is 92.2 Å². The Morgan fingerprint density at radius 2 is 1.96 bits per heavy atom. The van der Waals surface area contributed by atoms with Gasteiger partial charge in [0.05, 0.1) is 0 Å². The SMILES string of the molecule is Cl.O=C(CC1CCCN1)Nc1ncn(CC(=O)N2CCCCCC2)n1. The first-order valence-electron chi connectivity index (χ1n) is 8.91. The van der Waals surface area contributed by atoms with Crippen molar-refractivity contribution in [3.63, 3.8) is 0 Å². The van der Waals surface area contributed by atoms with Gasteiger partial charge in [-0.3, -0.25) is 14.9 Å². The number of hydrogen-bond donors (Lipinski definition) is 2. The first-order chi connectivity index (χ1) is 11.7. The second-order valence-electron chi connectivity index (χ2n) is 6.61. The zero-order chi connectivity index (χ0) is 16.8. The van der Waals surface area contributed by atoms with Crippen LogP contribution < -0.4 is 10.6 Å². The van der Waals surface area contributed by atoms with Gasteiger partial charge in [0.15, 0.2) is 0 Å². The van der Waals surface area contributed by atoms with Crippen LogP contribution in [0.1, 0.15) is 44.9 Å². The fourth-order valence-electron chi connectivity index (χ4n) is 3.32. The molecule has 0 spiro atoms. The predicted molar refractivity (Wildman–Crippen MR) is 96.6 cm³/mol. The van der Waals surface area contributed by atoms with Crippen LogP contribution in [0.25, 0.3) is 0 Å². The van der Waals surface area contributed by atoms with Crippen LogP contribution in [0.15, 0.2) is 6.33 Å². The van der Waals surface area contributed by atoms with E-state index in [1.807, 2.05) is 4.90 Å². The normalized spacial score (nSPS) is 20.6. The highest BCUT2D eigenvalue weighted by Gasteiger charge is 2.19. The van der Waals surface area contributed by atoms with Crippen molar-refractivity contribution in [2.24, 2.45) is 0 Å². The van der Waals surface area contributed by atoms with Gasteiger partial charge in [-0.05, 0) is 32.2 Å². The highest BCUT2D eigenvalue weighted by molar-refractivity contribution is 5.89. The maximum absolute atomic E-state index is 12.3. The summed E-state index contributed by atoms with van der Waals surface area (Å²) in [5.41, 5.74) is 0. The van der Waals surface area contributed by atoms with Crippen molar-refractivity contribution in [2.75, 3.05) is 25.0 Å². The molecule has 140 valence electrons. The summed E-state index contributed by atoms with van der Waals surface area (Å²) in [6.45, 7) is 2.80. The van der Waals surface area contributed by atoms with Crippen LogP contribution in [0.2, 0.25) is 0 Å². The standard InChI is InChI=1S/C16H26N6O2.ClH/c23-14(10-13-6-5-7-17-13)19-16-18-12-22(20-16)11-15(24)21-8-3-1-2-4-9-21;/h12-13,17H,1-11H2,(H,19,20,23);1H. The molecular formula is C16H27ClN6O2. The lowest BCUT2D eigenvalue weighted by Gasteiger charge is -2.19. The van der Waals surface area contributed by atoms with Gasteiger partial charge >= 0.3 is 0 Å². The largest absolute Gasteiger partial charge is 0.341 e. The van der Waals surface area contributed by atoms with Gasteiger partial charge in [0.25, 0.3) is 0 Å². The second kappa shape index (κ2) is 9.72. The van der Waals surface area contributed by atoms with E-state index >= 15 is 0 Å². The van der Waals surface area contributed by atoms with Gasteiger partial charge in [-0.1, -0.05) is 12.8 Å². The summed E-state index contributed by atoms with van der Waals surface area (Å²) in [7, 11) is 0. The Labute approximate surface area is 154 Å². The second-order valence-corrected chi connectivity index (χ2v) is 6.61. The molecule has 0 radical (unpaired) electrons. The van der Waals surface area contributed by atoms with Gasteiger partial charge in [-0.2, -0.15) is 0 Å². The minimum absolute atomic E-state index is 0. The van der Waals surface area contributed by atoms with Crippen molar-refractivity contribution in [2.45, 2.75) is 57.5 Å². The molecule has 3 heterocycles. The molecule has 2 aliphatic heterocycles. The zero-order valence-corrected chi connectivity index (χ0v) is 15.3. The van der Waals surface area contributed by atoms with Crippen LogP contribution in [0, 0.1) is 0 Å². The van der Waals surface area contributed by atoms with Crippen molar-refractivity contribution in [3.8, 4) is 0 Å². The van der Waals surface area contributed by atoms with Gasteiger partial charge in [0.2, 0.25) is 17.8 Å². The number of likely N-dealkylation sites (tertiary alicyclic amines) is 1. The van der Waals surface area contributed by atoms with Gasteiger partial charge in [0.1, 0.15) is 12.9 Å². The average Bonchev–Trinajstić information content (AvgIpc) is 3.12. The monoisotopic (exact) mass is 370 g/mol. The van der Waals surface area contributed by atoms with Crippen LogP contribution in [0.5, 0.6) is 0 Å². The average molecular weight is 371 g/mol. The Morgan fingerprint density at radius 1 is 1.20 bits per heavy atom. The van der Waals surface area contributed by atoms with Crippen molar-refractivity contribution >= 4 is 30.2 Å². The molecule has 1 aromatic heterocycles. The number of aromatic nitrogens is 3. The van der Waals surface area contributed by atoms with Crippen LogP contribution in [-0.4, -0.2) is 57.2 Å². The van der Waals surface area contributed by atoms with E-state index in [1.54, 1.807) is 0 Å². The number of nitrogens with zero attached hydrogens (tertiary/aromatic N) is 4. The minimum atomic E-state index is -0.0917. The number of hydrogen-bond acceptors (Lipinski definition) is 5. The molecule has 2 amide bonds. The van der Waals surface area contributed by atoms with E-state index in [4.69, 9.17) is 0 Å². The fourth-order valence-corrected chi connectivity index (χ4v) is 3.32. The van der Waals surface area contributed by atoms with Gasteiger partial charge in [-0.25, -0.2) is 9.67 Å². The molecule has 2 N–H and O–H groups in total. The van der Waals surface area contributed by atoms with E-state index in [9.17, 15) is 9.59 Å². The molecule has 1 aromatic rings. The van der Waals surface area contributed by atoms with Crippen LogP contribution in [0.4, 0.5) is 5.95 Å². The maximum atomic E-state index is 12.3. The molecule has 0 aliphatic carbocycles. The van der Waals surface area contributed by atoms with Gasteiger partial charge < -0.3 is 10.2 Å². The molecule has 2 saturated heterocycles. The molecular weight excluding hydrogens is 344 g/mol. The van der Waals surface area contributed by atoms with Gasteiger partial charge in [-0.15, -0.1) is 17.5 Å². The number of rotatable bonds is 5. The molecule has 25 heavy (non-hydrogen) atoms. The van der Waals surface area contributed by atoms with Crippen molar-refractivity contribution in [1.82, 2.24) is 25.0 Å². The Kier molecular flexibility index (Phi) is 7.64. The van der Waals surface area contributed by atoms with Crippen LogP contribution in [0.3, 0.4) is 0 Å². The third kappa shape index (κ3) is 5.97. The number of carbonyl (C=O) groups is 2. The fraction of sp³-hybridized carbons (Fsp3) is 0.750. The van der Waals surface area contributed by atoms with Crippen molar-refractivity contribution in [1.29, 1.82) is 0 Å². The van der Waals surface area contributed by atoms with Gasteiger partial charge in [0, 0.05) is 25.6 Å². The molecule has 1 unspecified atom stereocenters. The lowest BCUT2D eigenvalue weighted by molar-refractivity contribution is -0.132. The minimum Gasteiger partial charge on any atom is -0.341 e. The lowest BCUT2D eigenvalue weighted by atomic mass is 10.1. The Bertz CT molecular complexity index is 565. The zero-order valence-electron chi connectivity index (χ0n) is 14.4. The molecule has 0 saturated carbocycles. The summed E-state index contributed by atoms with van der Waals surface area (Å²) in [4.78, 5) is 30.3. The summed E-state index contributed by atoms with van der Waals surface area (Å²) >= 11 is 0. The molecule has 0 aromatic carbocycles. The Hall–Kier alpha value is -1.67. The number of carbonyl (C=O) groups excluding carboxylic acids is 2. The molecule has 2 aliphatic rings. The smallest absolute Gasteiger partial charge is 0.248 e. The third-order valence-electron chi connectivity index (χ3n) is 4.64. The lowest BCUT2D eigenvalue weighted by Crippen LogP contribution is -2.34. The summed E-state index contributed by atoms with van der Waals surface area (Å²) in [6, 6.07) is 0.247. The highest BCUT2D eigenvalue weighted by atomic mass is 35.5. The summed E-state index contributed by atoms with van der Waals surface area (Å²) < 4.78 is 1.50. The first-order valence-corrected chi connectivity index (χ1v) is 8.91. The molecule has 1 atom stereocenters. The summed E-state index contributed by atoms with van der Waals surface area (Å²) in [6.07, 6.45) is 8.60. The van der Waals surface area contributed by atoms with E-state index in [0.29, 0.717) is 6.42 Å². The quantitative estimate of drug-likeness (QED) is 0.812. The Morgan fingerprint density at radius 3 is 2.64 bits per heavy atom. The van der Waals surface area contributed by atoms with Crippen LogP contribution in [-0.2, 0) is 16.1 Å². The Balaban J connectivity index is 0.00000225. The first kappa shape index (κ1) is 19.7. The van der Waals surface area contributed by atoms with E-state index in [1.165, 1.54) is 23.9 Å². The molecule has 9 heteroatoms. The maximum Gasteiger partial charge on any atom is 0.248 e.